The van der Waals surface area contributed by atoms with Crippen LogP contribution in [0.3, 0.4) is 0 Å². The lowest BCUT2D eigenvalue weighted by atomic mass is 9.81. The molecule has 0 spiro atoms. The first kappa shape index (κ1) is 20.5. The van der Waals surface area contributed by atoms with Gasteiger partial charge in [-0.3, -0.25) is 0 Å². The van der Waals surface area contributed by atoms with Crippen LogP contribution in [-0.2, 0) is 4.74 Å². The number of piperidine rings is 1. The average Bonchev–Trinajstić information content (AvgIpc) is 2.53. The Labute approximate surface area is 153 Å². The highest BCUT2D eigenvalue weighted by Crippen LogP contribution is 2.34. The predicted molar refractivity (Wildman–Crippen MR) is 101 cm³/mol. The van der Waals surface area contributed by atoms with Crippen molar-refractivity contribution in [2.75, 3.05) is 32.8 Å². The lowest BCUT2D eigenvalue weighted by molar-refractivity contribution is 0.0117. The smallest absolute Gasteiger partial charge is 0.407 e. The fourth-order valence-electron chi connectivity index (χ4n) is 4.74. The van der Waals surface area contributed by atoms with E-state index >= 15 is 0 Å². The maximum atomic E-state index is 11.9. The molecule has 1 unspecified atom stereocenters. The summed E-state index contributed by atoms with van der Waals surface area (Å²) in [6.45, 7) is 13.1. The van der Waals surface area contributed by atoms with Crippen molar-refractivity contribution >= 4 is 6.09 Å². The van der Waals surface area contributed by atoms with E-state index in [1.807, 2.05) is 20.8 Å². The molecule has 0 radical (unpaired) electrons. The van der Waals surface area contributed by atoms with Gasteiger partial charge >= 0.3 is 6.09 Å². The van der Waals surface area contributed by atoms with E-state index in [-0.39, 0.29) is 11.6 Å². The van der Waals surface area contributed by atoms with Gasteiger partial charge in [0, 0.05) is 31.3 Å². The van der Waals surface area contributed by atoms with Gasteiger partial charge in [-0.2, -0.15) is 0 Å². The van der Waals surface area contributed by atoms with Gasteiger partial charge in [-0.25, -0.2) is 4.79 Å². The third-order valence-electron chi connectivity index (χ3n) is 5.78. The Hall–Kier alpha value is -0.810. The summed E-state index contributed by atoms with van der Waals surface area (Å²) in [7, 11) is 0. The lowest BCUT2D eigenvalue weighted by Gasteiger charge is -2.47. The molecule has 1 aliphatic heterocycles. The van der Waals surface area contributed by atoms with Crippen LogP contribution in [0.1, 0.15) is 66.2 Å². The number of hydrogen-bond acceptors (Lipinski definition) is 3. The van der Waals surface area contributed by atoms with E-state index < -0.39 is 6.09 Å². The zero-order valence-corrected chi connectivity index (χ0v) is 16.7. The van der Waals surface area contributed by atoms with Crippen LogP contribution in [-0.4, -0.2) is 65.4 Å². The minimum absolute atomic E-state index is 0.151. The van der Waals surface area contributed by atoms with Gasteiger partial charge in [0.1, 0.15) is 0 Å². The highest BCUT2D eigenvalue weighted by molar-refractivity contribution is 5.66. The number of hydrogen-bond donors (Lipinski definition) is 1. The number of ether oxygens (including phenoxy) is 1. The Balaban J connectivity index is 2.01. The second kappa shape index (κ2) is 9.22. The number of carbonyl (C=O) groups is 1. The topological polar surface area (TPSA) is 53.0 Å². The second-order valence-electron chi connectivity index (χ2n) is 8.86. The van der Waals surface area contributed by atoms with Crippen LogP contribution in [0.4, 0.5) is 4.79 Å². The highest BCUT2D eigenvalue weighted by Gasteiger charge is 2.39. The zero-order valence-electron chi connectivity index (χ0n) is 16.7. The van der Waals surface area contributed by atoms with Crippen molar-refractivity contribution in [3.63, 3.8) is 0 Å². The minimum Gasteiger partial charge on any atom is -0.465 e. The molecule has 25 heavy (non-hydrogen) atoms. The number of rotatable bonds is 6. The maximum absolute atomic E-state index is 11.9. The summed E-state index contributed by atoms with van der Waals surface area (Å²) in [5, 5.41) is 9.82. The van der Waals surface area contributed by atoms with Crippen molar-refractivity contribution in [3.05, 3.63) is 0 Å². The predicted octanol–water partition coefficient (Wildman–Crippen LogP) is 4.07. The molecule has 5 heteroatoms. The summed E-state index contributed by atoms with van der Waals surface area (Å²) in [4.78, 5) is 16.3. The summed E-state index contributed by atoms with van der Waals surface area (Å²) in [5.41, 5.74) is -0.342. The molecule has 1 amide bonds. The molecule has 1 aliphatic carbocycles. The van der Waals surface area contributed by atoms with Crippen LogP contribution >= 0.6 is 0 Å². The number of amides is 1. The molecule has 0 aromatic heterocycles. The summed E-state index contributed by atoms with van der Waals surface area (Å²) in [5.74, 6) is 1.09. The van der Waals surface area contributed by atoms with Crippen LogP contribution in [0.5, 0.6) is 0 Å². The molecule has 2 rings (SSSR count). The van der Waals surface area contributed by atoms with Crippen molar-refractivity contribution < 1.29 is 14.6 Å². The molecular formula is C20H38N2O3. The van der Waals surface area contributed by atoms with E-state index in [0.29, 0.717) is 11.8 Å². The van der Waals surface area contributed by atoms with Gasteiger partial charge in [0.2, 0.25) is 0 Å². The third-order valence-corrected chi connectivity index (χ3v) is 5.78. The molecule has 2 fully saturated rings. The Kier molecular flexibility index (Phi) is 7.56. The monoisotopic (exact) mass is 354 g/mol. The standard InChI is InChI=1S/C20H38N2O3/c1-5-25-15-16-9-8-12-21(13-16)14-17-10-6-7-11-18(17)22(19(23)24)20(2,3)4/h16-18H,5-15H2,1-4H3,(H,23,24)/t16?,17-,18+/m0/s1. The van der Waals surface area contributed by atoms with E-state index in [1.165, 1.54) is 19.3 Å². The fraction of sp³-hybridized carbons (Fsp3) is 0.950. The van der Waals surface area contributed by atoms with Crippen molar-refractivity contribution in [2.45, 2.75) is 77.8 Å². The third kappa shape index (κ3) is 5.85. The van der Waals surface area contributed by atoms with Crippen LogP contribution in [0.25, 0.3) is 0 Å². The number of carboxylic acid groups (broad SMARTS) is 1. The fourth-order valence-corrected chi connectivity index (χ4v) is 4.74. The average molecular weight is 355 g/mol. The van der Waals surface area contributed by atoms with E-state index in [4.69, 9.17) is 4.74 Å². The molecule has 2 aliphatic rings. The van der Waals surface area contributed by atoms with Crippen molar-refractivity contribution in [1.82, 2.24) is 9.80 Å². The Bertz CT molecular complexity index is 422. The maximum Gasteiger partial charge on any atom is 0.407 e. The Morgan fingerprint density at radius 2 is 1.92 bits per heavy atom. The Morgan fingerprint density at radius 3 is 2.56 bits per heavy atom. The van der Waals surface area contributed by atoms with Crippen LogP contribution in [0.15, 0.2) is 0 Å². The summed E-state index contributed by atoms with van der Waals surface area (Å²) in [6, 6.07) is 0.151. The van der Waals surface area contributed by atoms with E-state index in [9.17, 15) is 9.90 Å². The van der Waals surface area contributed by atoms with E-state index in [2.05, 4.69) is 11.8 Å². The van der Waals surface area contributed by atoms with Gasteiger partial charge in [-0.15, -0.1) is 0 Å². The van der Waals surface area contributed by atoms with Crippen molar-refractivity contribution in [1.29, 1.82) is 0 Å². The van der Waals surface area contributed by atoms with Gasteiger partial charge in [0.25, 0.3) is 0 Å². The lowest BCUT2D eigenvalue weighted by Crippen LogP contribution is -2.56. The van der Waals surface area contributed by atoms with E-state index in [0.717, 1.165) is 52.1 Å². The molecule has 3 atom stereocenters. The first-order valence-corrected chi connectivity index (χ1v) is 10.1. The molecule has 0 bridgehead atoms. The normalized spacial score (nSPS) is 28.7. The molecule has 146 valence electrons. The van der Waals surface area contributed by atoms with Gasteiger partial charge in [-0.1, -0.05) is 12.8 Å². The summed E-state index contributed by atoms with van der Waals surface area (Å²) >= 11 is 0. The van der Waals surface area contributed by atoms with Gasteiger partial charge in [0.05, 0.1) is 6.61 Å². The largest absolute Gasteiger partial charge is 0.465 e. The second-order valence-corrected chi connectivity index (χ2v) is 8.86. The first-order valence-electron chi connectivity index (χ1n) is 10.1. The van der Waals surface area contributed by atoms with Gasteiger partial charge in [0.15, 0.2) is 0 Å². The van der Waals surface area contributed by atoms with Crippen LogP contribution in [0.2, 0.25) is 0 Å². The molecule has 0 aromatic carbocycles. The first-order chi connectivity index (χ1) is 11.8. The van der Waals surface area contributed by atoms with Crippen molar-refractivity contribution in [2.24, 2.45) is 11.8 Å². The quantitative estimate of drug-likeness (QED) is 0.781. The van der Waals surface area contributed by atoms with Gasteiger partial charge in [-0.05, 0) is 71.8 Å². The van der Waals surface area contributed by atoms with Crippen molar-refractivity contribution in [3.8, 4) is 0 Å². The highest BCUT2D eigenvalue weighted by atomic mass is 16.5. The van der Waals surface area contributed by atoms with Gasteiger partial charge < -0.3 is 19.6 Å². The number of nitrogens with zero attached hydrogens (tertiary/aromatic N) is 2. The molecule has 1 N–H and O–H groups in total. The van der Waals surface area contributed by atoms with E-state index in [1.54, 1.807) is 4.90 Å². The van der Waals surface area contributed by atoms with Crippen LogP contribution in [0, 0.1) is 11.8 Å². The summed E-state index contributed by atoms with van der Waals surface area (Å²) in [6.07, 6.45) is 6.26. The number of likely N-dealkylation sites (tertiary alicyclic amines) is 1. The summed E-state index contributed by atoms with van der Waals surface area (Å²) < 4.78 is 5.63. The molecule has 5 nitrogen and oxygen atoms in total. The Morgan fingerprint density at radius 1 is 1.20 bits per heavy atom. The SMILES string of the molecule is CCOCC1CCCN(C[C@@H]2CCCC[C@H]2N(C(=O)O)C(C)(C)C)C1. The molecular weight excluding hydrogens is 316 g/mol. The molecule has 1 saturated carbocycles. The van der Waals surface area contributed by atoms with Crippen LogP contribution < -0.4 is 0 Å². The molecule has 1 heterocycles. The zero-order chi connectivity index (χ0) is 18.4. The minimum atomic E-state index is -0.766. The molecule has 0 aromatic rings. The molecule has 1 saturated heterocycles.